The van der Waals surface area contributed by atoms with Crippen LogP contribution >= 0.6 is 11.3 Å². The number of thiazole rings is 1. The highest BCUT2D eigenvalue weighted by atomic mass is 32.1. The second kappa shape index (κ2) is 3.93. The molecule has 1 heterocycles. The maximum Gasteiger partial charge on any atom is 0.316 e. The number of hydrogen-bond donors (Lipinski definition) is 1. The molecule has 3 nitrogen and oxygen atoms in total. The molecule has 1 aromatic heterocycles. The van der Waals surface area contributed by atoms with E-state index in [1.807, 2.05) is 12.3 Å². The lowest BCUT2D eigenvalue weighted by Gasteiger charge is -2.20. The molecule has 1 aliphatic rings. The van der Waals surface area contributed by atoms with E-state index in [-0.39, 0.29) is 0 Å². The molecule has 0 unspecified atom stereocenters. The normalized spacial score (nSPS) is 19.3. The number of carboxylic acids is 1. The number of carboxylic acid groups (broad SMARTS) is 1. The van der Waals surface area contributed by atoms with Crippen molar-refractivity contribution >= 4 is 17.3 Å². The quantitative estimate of drug-likeness (QED) is 0.860. The molecule has 0 aliphatic heterocycles. The molecule has 2 rings (SSSR count). The Balaban J connectivity index is 2.36. The summed E-state index contributed by atoms with van der Waals surface area (Å²) >= 11 is 1.51. The Morgan fingerprint density at radius 3 is 2.73 bits per heavy atom. The first-order valence-corrected chi connectivity index (χ1v) is 6.25. The minimum atomic E-state index is -0.697. The number of aliphatic carboxylic acids is 1. The lowest BCUT2D eigenvalue weighted by atomic mass is 9.87. The monoisotopic (exact) mass is 225 g/mol. The third-order valence-electron chi connectivity index (χ3n) is 3.19. The molecule has 1 N–H and O–H groups in total. The van der Waals surface area contributed by atoms with Gasteiger partial charge in [-0.2, -0.15) is 0 Å². The molecule has 1 aromatic rings. The number of aryl methyl sites for hydroxylation is 1. The Kier molecular flexibility index (Phi) is 2.78. The van der Waals surface area contributed by atoms with Gasteiger partial charge in [-0.05, 0) is 19.3 Å². The Morgan fingerprint density at radius 1 is 1.60 bits per heavy atom. The molecule has 0 amide bonds. The maximum atomic E-state index is 11.4. The Hall–Kier alpha value is -0.900. The Bertz CT molecular complexity index is 366. The minimum absolute atomic E-state index is 0.669. The van der Waals surface area contributed by atoms with E-state index < -0.39 is 11.4 Å². The van der Waals surface area contributed by atoms with Crippen molar-refractivity contribution in [3.8, 4) is 0 Å². The van der Waals surface area contributed by atoms with Gasteiger partial charge in [0.2, 0.25) is 0 Å². The van der Waals surface area contributed by atoms with Crippen LogP contribution in [-0.2, 0) is 16.6 Å². The minimum Gasteiger partial charge on any atom is -0.481 e. The summed E-state index contributed by atoms with van der Waals surface area (Å²) in [6.07, 6.45) is 4.39. The lowest BCUT2D eigenvalue weighted by Crippen LogP contribution is -2.32. The highest BCUT2D eigenvalue weighted by molar-refractivity contribution is 7.10. The van der Waals surface area contributed by atoms with Crippen LogP contribution in [0.4, 0.5) is 0 Å². The van der Waals surface area contributed by atoms with Gasteiger partial charge in [0.05, 0.1) is 5.69 Å². The van der Waals surface area contributed by atoms with Crippen LogP contribution in [0.5, 0.6) is 0 Å². The van der Waals surface area contributed by atoms with Crippen LogP contribution in [0.15, 0.2) is 5.38 Å². The molecule has 1 aliphatic carbocycles. The number of nitrogens with zero attached hydrogens (tertiary/aromatic N) is 1. The fourth-order valence-electron chi connectivity index (χ4n) is 2.19. The predicted molar refractivity (Wildman–Crippen MR) is 59.3 cm³/mol. The SMILES string of the molecule is CCc1csc(C2(C(=O)O)CCCC2)n1. The van der Waals surface area contributed by atoms with Gasteiger partial charge in [-0.25, -0.2) is 4.98 Å². The summed E-state index contributed by atoms with van der Waals surface area (Å²) in [7, 11) is 0. The zero-order valence-electron chi connectivity index (χ0n) is 8.82. The third kappa shape index (κ3) is 1.67. The molecular formula is C11H15NO2S. The highest BCUT2D eigenvalue weighted by Gasteiger charge is 2.45. The van der Waals surface area contributed by atoms with E-state index in [0.29, 0.717) is 0 Å². The maximum absolute atomic E-state index is 11.4. The van der Waals surface area contributed by atoms with Gasteiger partial charge in [0.15, 0.2) is 0 Å². The van der Waals surface area contributed by atoms with E-state index in [4.69, 9.17) is 0 Å². The topological polar surface area (TPSA) is 50.2 Å². The van der Waals surface area contributed by atoms with E-state index in [1.165, 1.54) is 11.3 Å². The van der Waals surface area contributed by atoms with Gasteiger partial charge in [-0.15, -0.1) is 11.3 Å². The predicted octanol–water partition coefficient (Wildman–Crippen LogP) is 2.60. The summed E-state index contributed by atoms with van der Waals surface area (Å²) in [6.45, 7) is 2.04. The summed E-state index contributed by atoms with van der Waals surface area (Å²) in [5.74, 6) is -0.697. The average molecular weight is 225 g/mol. The number of hydrogen-bond acceptors (Lipinski definition) is 3. The van der Waals surface area contributed by atoms with E-state index in [0.717, 1.165) is 42.8 Å². The van der Waals surface area contributed by atoms with Gasteiger partial charge in [-0.3, -0.25) is 4.79 Å². The molecular weight excluding hydrogens is 210 g/mol. The van der Waals surface area contributed by atoms with Crippen molar-refractivity contribution in [3.63, 3.8) is 0 Å². The number of rotatable bonds is 3. The second-order valence-electron chi connectivity index (χ2n) is 4.09. The largest absolute Gasteiger partial charge is 0.481 e. The molecule has 0 atom stereocenters. The van der Waals surface area contributed by atoms with Gasteiger partial charge < -0.3 is 5.11 Å². The standard InChI is InChI=1S/C11H15NO2S/c1-2-8-7-15-9(12-8)11(10(13)14)5-3-4-6-11/h7H,2-6H2,1H3,(H,13,14). The van der Waals surface area contributed by atoms with Crippen LogP contribution in [0, 0.1) is 0 Å². The van der Waals surface area contributed by atoms with Crippen molar-refractivity contribution in [2.24, 2.45) is 0 Å². The smallest absolute Gasteiger partial charge is 0.316 e. The van der Waals surface area contributed by atoms with Crippen LogP contribution in [0.3, 0.4) is 0 Å². The highest BCUT2D eigenvalue weighted by Crippen LogP contribution is 2.42. The van der Waals surface area contributed by atoms with E-state index >= 15 is 0 Å². The Labute approximate surface area is 93.2 Å². The van der Waals surface area contributed by atoms with Crippen LogP contribution in [0.2, 0.25) is 0 Å². The number of aromatic nitrogens is 1. The van der Waals surface area contributed by atoms with Crippen LogP contribution in [0.1, 0.15) is 43.3 Å². The third-order valence-corrected chi connectivity index (χ3v) is 4.29. The first kappa shape index (κ1) is 10.6. The molecule has 82 valence electrons. The van der Waals surface area contributed by atoms with Crippen molar-refractivity contribution in [1.82, 2.24) is 4.98 Å². The van der Waals surface area contributed by atoms with Crippen LogP contribution < -0.4 is 0 Å². The zero-order valence-corrected chi connectivity index (χ0v) is 9.64. The molecule has 0 aromatic carbocycles. The molecule has 4 heteroatoms. The van der Waals surface area contributed by atoms with E-state index in [1.54, 1.807) is 0 Å². The van der Waals surface area contributed by atoms with Crippen molar-refractivity contribution in [1.29, 1.82) is 0 Å². The van der Waals surface area contributed by atoms with Gasteiger partial charge in [0.25, 0.3) is 0 Å². The molecule has 0 bridgehead atoms. The first-order chi connectivity index (χ1) is 7.19. The molecule has 0 saturated heterocycles. The molecule has 1 saturated carbocycles. The molecule has 1 fully saturated rings. The zero-order chi connectivity index (χ0) is 10.9. The second-order valence-corrected chi connectivity index (χ2v) is 4.95. The van der Waals surface area contributed by atoms with Crippen LogP contribution in [0.25, 0.3) is 0 Å². The first-order valence-electron chi connectivity index (χ1n) is 5.37. The van der Waals surface area contributed by atoms with Gasteiger partial charge in [-0.1, -0.05) is 19.8 Å². The summed E-state index contributed by atoms with van der Waals surface area (Å²) < 4.78 is 0. The van der Waals surface area contributed by atoms with Crippen molar-refractivity contribution in [2.75, 3.05) is 0 Å². The van der Waals surface area contributed by atoms with Crippen LogP contribution in [-0.4, -0.2) is 16.1 Å². The summed E-state index contributed by atoms with van der Waals surface area (Å²) in [5, 5.41) is 12.2. The van der Waals surface area contributed by atoms with E-state index in [9.17, 15) is 9.90 Å². The van der Waals surface area contributed by atoms with Gasteiger partial charge in [0, 0.05) is 5.38 Å². The lowest BCUT2D eigenvalue weighted by molar-refractivity contribution is -0.143. The van der Waals surface area contributed by atoms with Gasteiger partial charge >= 0.3 is 5.97 Å². The summed E-state index contributed by atoms with van der Waals surface area (Å²) in [6, 6.07) is 0. The average Bonchev–Trinajstić information content (AvgIpc) is 2.87. The fraction of sp³-hybridized carbons (Fsp3) is 0.636. The molecule has 15 heavy (non-hydrogen) atoms. The molecule has 0 spiro atoms. The fourth-order valence-corrected chi connectivity index (χ4v) is 3.34. The summed E-state index contributed by atoms with van der Waals surface area (Å²) in [4.78, 5) is 15.8. The van der Waals surface area contributed by atoms with Gasteiger partial charge in [0.1, 0.15) is 10.4 Å². The number of carbonyl (C=O) groups is 1. The summed E-state index contributed by atoms with van der Waals surface area (Å²) in [5.41, 5.74) is 0.348. The van der Waals surface area contributed by atoms with E-state index in [2.05, 4.69) is 4.98 Å². The Morgan fingerprint density at radius 2 is 2.27 bits per heavy atom. The van der Waals surface area contributed by atoms with Crippen molar-refractivity contribution in [3.05, 3.63) is 16.1 Å². The molecule has 0 radical (unpaired) electrons. The van der Waals surface area contributed by atoms with Crippen molar-refractivity contribution < 1.29 is 9.90 Å². The van der Waals surface area contributed by atoms with Crippen molar-refractivity contribution in [2.45, 2.75) is 44.4 Å².